The molecule has 126 valence electrons. The molecular weight excluding hydrogens is 304 g/mol. The number of nitrogens with zero attached hydrogens (tertiary/aromatic N) is 1. The summed E-state index contributed by atoms with van der Waals surface area (Å²) >= 11 is 0. The number of rotatable bonds is 4. The molecule has 3 rings (SSSR count). The van der Waals surface area contributed by atoms with Crippen LogP contribution >= 0.6 is 0 Å². The van der Waals surface area contributed by atoms with E-state index in [1.54, 1.807) is 6.92 Å². The van der Waals surface area contributed by atoms with Gasteiger partial charge in [-0.15, -0.1) is 0 Å². The lowest BCUT2D eigenvalue weighted by Gasteiger charge is -2.19. The predicted octanol–water partition coefficient (Wildman–Crippen LogP) is 2.30. The number of benzene rings is 1. The first kappa shape index (κ1) is 16.3. The van der Waals surface area contributed by atoms with Crippen molar-refractivity contribution < 1.29 is 9.90 Å². The third kappa shape index (κ3) is 3.20. The molecule has 0 bridgehead atoms. The van der Waals surface area contributed by atoms with Crippen LogP contribution in [0.15, 0.2) is 41.2 Å². The molecule has 2 N–H and O–H groups in total. The van der Waals surface area contributed by atoms with E-state index in [4.69, 9.17) is 0 Å². The van der Waals surface area contributed by atoms with E-state index in [2.05, 4.69) is 24.4 Å². The lowest BCUT2D eigenvalue weighted by atomic mass is 10.0. The topological polar surface area (TPSA) is 71.3 Å². The molecule has 1 aliphatic carbocycles. The largest absolute Gasteiger partial charge is 0.508 e. The normalized spacial score (nSPS) is 19.1. The van der Waals surface area contributed by atoms with Crippen LogP contribution < -0.4 is 10.9 Å². The van der Waals surface area contributed by atoms with E-state index >= 15 is 0 Å². The molecule has 1 amide bonds. The Morgan fingerprint density at radius 1 is 1.33 bits per heavy atom. The Kier molecular flexibility index (Phi) is 4.42. The Morgan fingerprint density at radius 2 is 2.08 bits per heavy atom. The van der Waals surface area contributed by atoms with Crippen LogP contribution in [0.3, 0.4) is 0 Å². The molecule has 0 saturated carbocycles. The van der Waals surface area contributed by atoms with Crippen LogP contribution in [-0.2, 0) is 17.8 Å². The number of hydrogen-bond acceptors (Lipinski definition) is 3. The van der Waals surface area contributed by atoms with E-state index < -0.39 is 0 Å². The molecule has 5 nitrogen and oxygen atoms in total. The van der Waals surface area contributed by atoms with E-state index in [1.165, 1.54) is 27.8 Å². The highest BCUT2D eigenvalue weighted by atomic mass is 16.3. The van der Waals surface area contributed by atoms with Crippen molar-refractivity contribution in [2.24, 2.45) is 5.92 Å². The SMILES string of the molecule is Cc1cc(O)cc(=O)n1CCC(=O)N[C@H]1c2ccccc2C[C@@H]1C. The summed E-state index contributed by atoms with van der Waals surface area (Å²) in [5, 5.41) is 12.5. The second-order valence-corrected chi connectivity index (χ2v) is 6.52. The molecule has 24 heavy (non-hydrogen) atoms. The highest BCUT2D eigenvalue weighted by molar-refractivity contribution is 5.76. The monoisotopic (exact) mass is 326 g/mol. The van der Waals surface area contributed by atoms with E-state index in [9.17, 15) is 14.7 Å². The predicted molar refractivity (Wildman–Crippen MR) is 91.9 cm³/mol. The molecule has 0 aliphatic heterocycles. The first-order chi connectivity index (χ1) is 11.5. The number of aromatic nitrogens is 1. The first-order valence-corrected chi connectivity index (χ1v) is 8.23. The summed E-state index contributed by atoms with van der Waals surface area (Å²) in [6.45, 7) is 4.19. The number of hydrogen-bond donors (Lipinski definition) is 2. The molecule has 0 spiro atoms. The zero-order valence-corrected chi connectivity index (χ0v) is 14.0. The first-order valence-electron chi connectivity index (χ1n) is 8.23. The summed E-state index contributed by atoms with van der Waals surface area (Å²) in [4.78, 5) is 24.2. The number of aromatic hydroxyl groups is 1. The van der Waals surface area contributed by atoms with E-state index in [-0.39, 0.29) is 29.7 Å². The van der Waals surface area contributed by atoms with Gasteiger partial charge in [-0.25, -0.2) is 0 Å². The molecule has 1 aromatic carbocycles. The third-order valence-electron chi connectivity index (χ3n) is 4.70. The van der Waals surface area contributed by atoms with Crippen molar-refractivity contribution in [3.63, 3.8) is 0 Å². The quantitative estimate of drug-likeness (QED) is 0.905. The number of fused-ring (bicyclic) bond motifs is 1. The molecule has 2 aromatic rings. The Balaban J connectivity index is 1.66. The van der Waals surface area contributed by atoms with Gasteiger partial charge in [0.1, 0.15) is 5.75 Å². The van der Waals surface area contributed by atoms with Crippen molar-refractivity contribution in [1.82, 2.24) is 9.88 Å². The number of nitrogens with one attached hydrogen (secondary N) is 1. The van der Waals surface area contributed by atoms with Gasteiger partial charge in [0.15, 0.2) is 0 Å². The van der Waals surface area contributed by atoms with Gasteiger partial charge in [0.25, 0.3) is 5.56 Å². The number of carbonyl (C=O) groups excluding carboxylic acids is 1. The summed E-state index contributed by atoms with van der Waals surface area (Å²) in [7, 11) is 0. The average molecular weight is 326 g/mol. The second-order valence-electron chi connectivity index (χ2n) is 6.52. The van der Waals surface area contributed by atoms with Gasteiger partial charge in [-0.3, -0.25) is 9.59 Å². The van der Waals surface area contributed by atoms with Gasteiger partial charge in [0.2, 0.25) is 5.91 Å². The van der Waals surface area contributed by atoms with Crippen molar-refractivity contribution in [1.29, 1.82) is 0 Å². The van der Waals surface area contributed by atoms with E-state index in [0.717, 1.165) is 6.42 Å². The molecule has 5 heteroatoms. The summed E-state index contributed by atoms with van der Waals surface area (Å²) in [6, 6.07) is 10.9. The molecule has 0 fully saturated rings. The molecular formula is C19H22N2O3. The fourth-order valence-corrected chi connectivity index (χ4v) is 3.47. The fourth-order valence-electron chi connectivity index (χ4n) is 3.47. The Labute approximate surface area is 140 Å². The van der Waals surface area contributed by atoms with Gasteiger partial charge in [-0.05, 0) is 36.5 Å². The van der Waals surface area contributed by atoms with Gasteiger partial charge in [0, 0.05) is 24.7 Å². The van der Waals surface area contributed by atoms with Gasteiger partial charge in [-0.1, -0.05) is 31.2 Å². The van der Waals surface area contributed by atoms with Crippen LogP contribution in [0.1, 0.15) is 36.2 Å². The fraction of sp³-hybridized carbons (Fsp3) is 0.368. The number of amides is 1. The maximum absolute atomic E-state index is 12.3. The number of carbonyl (C=O) groups is 1. The van der Waals surface area contributed by atoms with Crippen molar-refractivity contribution in [2.75, 3.05) is 0 Å². The minimum absolute atomic E-state index is 0.0336. The molecule has 1 aliphatic rings. The van der Waals surface area contributed by atoms with E-state index in [0.29, 0.717) is 18.2 Å². The minimum atomic E-state index is -0.292. The van der Waals surface area contributed by atoms with Crippen LogP contribution in [0.2, 0.25) is 0 Å². The lowest BCUT2D eigenvalue weighted by Crippen LogP contribution is -2.32. The number of aryl methyl sites for hydroxylation is 1. The van der Waals surface area contributed by atoms with Gasteiger partial charge in [0.05, 0.1) is 6.04 Å². The van der Waals surface area contributed by atoms with E-state index in [1.807, 2.05) is 12.1 Å². The highest BCUT2D eigenvalue weighted by Gasteiger charge is 2.29. The molecule has 1 heterocycles. The lowest BCUT2D eigenvalue weighted by molar-refractivity contribution is -0.122. The average Bonchev–Trinajstić information content (AvgIpc) is 2.82. The van der Waals surface area contributed by atoms with Crippen LogP contribution in [0.5, 0.6) is 5.75 Å². The van der Waals surface area contributed by atoms with Gasteiger partial charge >= 0.3 is 0 Å². The summed E-state index contributed by atoms with van der Waals surface area (Å²) in [5.74, 6) is 0.252. The molecule has 0 saturated heterocycles. The second kappa shape index (κ2) is 6.51. The molecule has 1 aromatic heterocycles. The Bertz CT molecular complexity index is 826. The van der Waals surface area contributed by atoms with Crippen molar-refractivity contribution in [3.05, 3.63) is 63.6 Å². The Morgan fingerprint density at radius 3 is 2.83 bits per heavy atom. The zero-order valence-electron chi connectivity index (χ0n) is 14.0. The van der Waals surface area contributed by atoms with Crippen LogP contribution in [0.4, 0.5) is 0 Å². The highest BCUT2D eigenvalue weighted by Crippen LogP contribution is 2.35. The van der Waals surface area contributed by atoms with Crippen LogP contribution in [0.25, 0.3) is 0 Å². The van der Waals surface area contributed by atoms with Crippen LogP contribution in [-0.4, -0.2) is 15.6 Å². The maximum Gasteiger partial charge on any atom is 0.254 e. The standard InChI is InChI=1S/C19H22N2O3/c1-12-9-14-5-3-4-6-16(14)19(12)20-17(23)7-8-21-13(2)10-15(22)11-18(21)24/h3-6,10-12,19,22H,7-9H2,1-2H3,(H,20,23)/t12-,19+/m0/s1. The minimum Gasteiger partial charge on any atom is -0.508 e. The summed E-state index contributed by atoms with van der Waals surface area (Å²) in [5.41, 5.74) is 2.84. The molecule has 0 unspecified atom stereocenters. The smallest absolute Gasteiger partial charge is 0.254 e. The van der Waals surface area contributed by atoms with Crippen LogP contribution in [0, 0.1) is 12.8 Å². The molecule has 2 atom stereocenters. The van der Waals surface area contributed by atoms with Crippen molar-refractivity contribution in [3.8, 4) is 5.75 Å². The summed E-state index contributed by atoms with van der Waals surface area (Å²) in [6.07, 6.45) is 1.20. The molecule has 0 radical (unpaired) electrons. The van der Waals surface area contributed by atoms with Crippen molar-refractivity contribution in [2.45, 2.75) is 39.3 Å². The summed E-state index contributed by atoms with van der Waals surface area (Å²) < 4.78 is 1.51. The number of pyridine rings is 1. The van der Waals surface area contributed by atoms with Crippen molar-refractivity contribution >= 4 is 5.91 Å². The third-order valence-corrected chi connectivity index (χ3v) is 4.70. The van der Waals surface area contributed by atoms with Gasteiger partial charge in [-0.2, -0.15) is 0 Å². The van der Waals surface area contributed by atoms with Gasteiger partial charge < -0.3 is 15.0 Å². The Hall–Kier alpha value is -2.56. The zero-order chi connectivity index (χ0) is 17.3. The maximum atomic E-state index is 12.3.